The number of carbonyl (C=O) groups is 3. The lowest BCUT2D eigenvalue weighted by molar-refractivity contribution is -0.118. The average Bonchev–Trinajstić information content (AvgIpc) is 3.53. The van der Waals surface area contributed by atoms with Crippen molar-refractivity contribution in [1.29, 1.82) is 0 Å². The highest BCUT2D eigenvalue weighted by atomic mass is 16.2. The summed E-state index contributed by atoms with van der Waals surface area (Å²) in [4.78, 5) is 37.6. The summed E-state index contributed by atoms with van der Waals surface area (Å²) in [6.45, 7) is 1.15. The van der Waals surface area contributed by atoms with Crippen LogP contribution in [-0.4, -0.2) is 24.3 Å². The molecule has 6 heteroatoms. The highest BCUT2D eigenvalue weighted by Crippen LogP contribution is 2.30. The van der Waals surface area contributed by atoms with E-state index >= 15 is 0 Å². The summed E-state index contributed by atoms with van der Waals surface area (Å²) in [5, 5.41) is 5.77. The molecular weight excluding hydrogens is 378 g/mol. The Bertz CT molecular complexity index is 977. The van der Waals surface area contributed by atoms with Crippen LogP contribution < -0.4 is 15.5 Å². The Hall–Kier alpha value is -3.41. The summed E-state index contributed by atoms with van der Waals surface area (Å²) in [5.74, 6) is 0.192. The number of carbonyl (C=O) groups excluding carboxylic acids is 3. The van der Waals surface area contributed by atoms with Crippen LogP contribution in [0.2, 0.25) is 0 Å². The first-order valence-corrected chi connectivity index (χ1v) is 10.3. The number of anilines is 2. The van der Waals surface area contributed by atoms with Gasteiger partial charge in [-0.1, -0.05) is 24.3 Å². The number of hydrogen-bond acceptors (Lipinski definition) is 3. The number of amides is 3. The van der Waals surface area contributed by atoms with Gasteiger partial charge in [0.2, 0.25) is 17.7 Å². The maximum atomic E-state index is 12.1. The molecule has 2 fully saturated rings. The molecule has 1 heterocycles. The predicted octanol–water partition coefficient (Wildman–Crippen LogP) is 3.49. The molecule has 30 heavy (non-hydrogen) atoms. The summed E-state index contributed by atoms with van der Waals surface area (Å²) in [6, 6.07) is 15.1. The summed E-state index contributed by atoms with van der Waals surface area (Å²) in [7, 11) is 0. The van der Waals surface area contributed by atoms with Crippen molar-refractivity contribution < 1.29 is 14.4 Å². The highest BCUT2D eigenvalue weighted by Gasteiger charge is 2.29. The van der Waals surface area contributed by atoms with Crippen LogP contribution in [0.5, 0.6) is 0 Å². The maximum absolute atomic E-state index is 12.1. The fourth-order valence-corrected chi connectivity index (χ4v) is 3.46. The van der Waals surface area contributed by atoms with Crippen molar-refractivity contribution >= 4 is 35.2 Å². The Morgan fingerprint density at radius 2 is 1.90 bits per heavy atom. The second-order valence-corrected chi connectivity index (χ2v) is 7.76. The van der Waals surface area contributed by atoms with Gasteiger partial charge in [0.1, 0.15) is 0 Å². The first kappa shape index (κ1) is 19.9. The molecule has 0 spiro atoms. The first-order chi connectivity index (χ1) is 14.6. The van der Waals surface area contributed by atoms with Crippen molar-refractivity contribution in [2.24, 2.45) is 5.92 Å². The van der Waals surface area contributed by atoms with Gasteiger partial charge >= 0.3 is 0 Å². The monoisotopic (exact) mass is 403 g/mol. The van der Waals surface area contributed by atoms with E-state index in [4.69, 9.17) is 0 Å². The lowest BCUT2D eigenvalue weighted by atomic mass is 10.1. The van der Waals surface area contributed by atoms with Gasteiger partial charge in [-0.15, -0.1) is 0 Å². The predicted molar refractivity (Wildman–Crippen MR) is 117 cm³/mol. The Labute approximate surface area is 176 Å². The van der Waals surface area contributed by atoms with E-state index in [1.165, 1.54) is 6.08 Å². The Morgan fingerprint density at radius 1 is 1.10 bits per heavy atom. The summed E-state index contributed by atoms with van der Waals surface area (Å²) in [6.07, 6.45) is 6.68. The second kappa shape index (κ2) is 8.95. The molecule has 2 aromatic carbocycles. The SMILES string of the molecule is O=C(/C=C/c1ccc(N2CCCC2=O)cc1)NCc1cccc(NC(=O)C2CC2)c1. The van der Waals surface area contributed by atoms with Crippen LogP contribution in [0.1, 0.15) is 36.8 Å². The summed E-state index contributed by atoms with van der Waals surface area (Å²) >= 11 is 0. The molecule has 0 bridgehead atoms. The third-order valence-corrected chi connectivity index (χ3v) is 5.31. The van der Waals surface area contributed by atoms with Gasteiger partial charge in [0.15, 0.2) is 0 Å². The molecular formula is C24H25N3O3. The van der Waals surface area contributed by atoms with Crippen LogP contribution in [0.25, 0.3) is 6.08 Å². The fraction of sp³-hybridized carbons (Fsp3) is 0.292. The van der Waals surface area contributed by atoms with Crippen LogP contribution >= 0.6 is 0 Å². The van der Waals surface area contributed by atoms with Crippen LogP contribution in [0, 0.1) is 5.92 Å². The molecule has 154 valence electrons. The number of hydrogen-bond donors (Lipinski definition) is 2. The molecule has 1 aliphatic carbocycles. The molecule has 4 rings (SSSR count). The number of nitrogens with zero attached hydrogens (tertiary/aromatic N) is 1. The van der Waals surface area contributed by atoms with Crippen molar-refractivity contribution in [2.45, 2.75) is 32.2 Å². The molecule has 2 N–H and O–H groups in total. The standard InChI is InChI=1S/C24H25N3O3/c28-22(13-8-17-6-11-21(12-7-17)27-14-2-5-23(27)29)25-16-18-3-1-4-20(15-18)26-24(30)19-9-10-19/h1,3-4,6-8,11-13,15,19H,2,5,9-10,14,16H2,(H,25,28)(H,26,30)/b13-8+. The number of rotatable bonds is 7. The normalized spacial score (nSPS) is 16.1. The van der Waals surface area contributed by atoms with Gasteiger partial charge in [-0.05, 0) is 60.7 Å². The van der Waals surface area contributed by atoms with E-state index in [9.17, 15) is 14.4 Å². The van der Waals surface area contributed by atoms with E-state index < -0.39 is 0 Å². The molecule has 0 radical (unpaired) electrons. The summed E-state index contributed by atoms with van der Waals surface area (Å²) in [5.41, 5.74) is 3.47. The van der Waals surface area contributed by atoms with E-state index in [0.29, 0.717) is 13.0 Å². The minimum atomic E-state index is -0.193. The van der Waals surface area contributed by atoms with Crippen molar-refractivity contribution in [1.82, 2.24) is 5.32 Å². The fourth-order valence-electron chi connectivity index (χ4n) is 3.46. The van der Waals surface area contributed by atoms with Gasteiger partial charge in [0, 0.05) is 42.9 Å². The van der Waals surface area contributed by atoms with E-state index in [0.717, 1.165) is 48.3 Å². The minimum absolute atomic E-state index is 0.0687. The first-order valence-electron chi connectivity index (χ1n) is 10.3. The lowest BCUT2D eigenvalue weighted by Gasteiger charge is -2.15. The minimum Gasteiger partial charge on any atom is -0.348 e. The quantitative estimate of drug-likeness (QED) is 0.695. The van der Waals surface area contributed by atoms with E-state index in [-0.39, 0.29) is 23.6 Å². The average molecular weight is 403 g/mol. The Morgan fingerprint density at radius 3 is 2.60 bits per heavy atom. The van der Waals surface area contributed by atoms with E-state index in [1.54, 1.807) is 11.0 Å². The molecule has 1 saturated carbocycles. The molecule has 1 saturated heterocycles. The topological polar surface area (TPSA) is 78.5 Å². The number of benzene rings is 2. The third kappa shape index (κ3) is 5.14. The van der Waals surface area contributed by atoms with Gasteiger partial charge in [-0.2, -0.15) is 0 Å². The highest BCUT2D eigenvalue weighted by molar-refractivity contribution is 5.96. The van der Waals surface area contributed by atoms with Crippen molar-refractivity contribution in [3.05, 3.63) is 65.7 Å². The lowest BCUT2D eigenvalue weighted by Crippen LogP contribution is -2.23. The van der Waals surface area contributed by atoms with Crippen molar-refractivity contribution in [2.75, 3.05) is 16.8 Å². The zero-order valence-electron chi connectivity index (χ0n) is 16.8. The van der Waals surface area contributed by atoms with Crippen LogP contribution in [0.3, 0.4) is 0 Å². The molecule has 0 unspecified atom stereocenters. The van der Waals surface area contributed by atoms with Gasteiger partial charge in [-0.3, -0.25) is 14.4 Å². The molecule has 0 aromatic heterocycles. The smallest absolute Gasteiger partial charge is 0.244 e. The zero-order chi connectivity index (χ0) is 20.9. The van der Waals surface area contributed by atoms with Crippen LogP contribution in [0.4, 0.5) is 11.4 Å². The van der Waals surface area contributed by atoms with E-state index in [2.05, 4.69) is 10.6 Å². The van der Waals surface area contributed by atoms with Crippen LogP contribution in [0.15, 0.2) is 54.6 Å². The molecule has 2 aliphatic rings. The Kier molecular flexibility index (Phi) is 5.93. The molecule has 6 nitrogen and oxygen atoms in total. The van der Waals surface area contributed by atoms with E-state index in [1.807, 2.05) is 48.5 Å². The maximum Gasteiger partial charge on any atom is 0.244 e. The molecule has 2 aromatic rings. The summed E-state index contributed by atoms with van der Waals surface area (Å²) < 4.78 is 0. The largest absolute Gasteiger partial charge is 0.348 e. The third-order valence-electron chi connectivity index (χ3n) is 5.31. The van der Waals surface area contributed by atoms with Gasteiger partial charge in [0.05, 0.1) is 0 Å². The second-order valence-electron chi connectivity index (χ2n) is 7.76. The Balaban J connectivity index is 1.27. The van der Waals surface area contributed by atoms with Gasteiger partial charge in [-0.25, -0.2) is 0 Å². The molecule has 0 atom stereocenters. The van der Waals surface area contributed by atoms with Crippen molar-refractivity contribution in [3.8, 4) is 0 Å². The van der Waals surface area contributed by atoms with Gasteiger partial charge in [0.25, 0.3) is 0 Å². The van der Waals surface area contributed by atoms with Gasteiger partial charge < -0.3 is 15.5 Å². The number of nitrogens with one attached hydrogen (secondary N) is 2. The van der Waals surface area contributed by atoms with Crippen LogP contribution in [-0.2, 0) is 20.9 Å². The molecule has 3 amide bonds. The zero-order valence-corrected chi connectivity index (χ0v) is 16.8. The van der Waals surface area contributed by atoms with Crippen molar-refractivity contribution in [3.63, 3.8) is 0 Å². The molecule has 1 aliphatic heterocycles.